The average molecular weight is 262 g/mol. The van der Waals surface area contributed by atoms with Crippen LogP contribution < -0.4 is 15.0 Å². The van der Waals surface area contributed by atoms with E-state index >= 15 is 0 Å². The van der Waals surface area contributed by atoms with Crippen molar-refractivity contribution in [3.63, 3.8) is 0 Å². The maximum Gasteiger partial charge on any atom is 0.284 e. The first-order valence-corrected chi connectivity index (χ1v) is 5.87. The molecule has 1 aromatic carbocycles. The van der Waals surface area contributed by atoms with Crippen molar-refractivity contribution in [2.45, 2.75) is 6.42 Å². The number of amides is 2. The van der Waals surface area contributed by atoms with Crippen LogP contribution in [0.1, 0.15) is 5.56 Å². The van der Waals surface area contributed by atoms with Gasteiger partial charge in [-0.05, 0) is 24.1 Å². The predicted octanol–water partition coefficient (Wildman–Crippen LogP) is -0.101. The molecule has 2 rings (SSSR count). The number of nitrogens with one attached hydrogen (secondary N) is 1. The van der Waals surface area contributed by atoms with E-state index < -0.39 is 5.91 Å². The Morgan fingerprint density at radius 3 is 3.05 bits per heavy atom. The van der Waals surface area contributed by atoms with Crippen molar-refractivity contribution >= 4 is 23.8 Å². The van der Waals surface area contributed by atoms with Crippen LogP contribution in [0, 0.1) is 0 Å². The number of likely N-dealkylation sites (N-methyl/N-ethyl adjacent to an activating group) is 1. The zero-order valence-electron chi connectivity index (χ0n) is 10.5. The fraction of sp³-hybridized carbons (Fsp3) is 0.308. The first-order valence-electron chi connectivity index (χ1n) is 5.87. The Bertz CT molecular complexity index is 527. The summed E-state index contributed by atoms with van der Waals surface area (Å²) in [7, 11) is 1.70. The van der Waals surface area contributed by atoms with Crippen molar-refractivity contribution in [1.82, 2.24) is 5.32 Å². The molecular formula is C13H14N2O4. The Balaban J connectivity index is 2.06. The van der Waals surface area contributed by atoms with Crippen molar-refractivity contribution in [1.29, 1.82) is 0 Å². The van der Waals surface area contributed by atoms with Crippen LogP contribution in [-0.2, 0) is 20.8 Å². The molecule has 1 aliphatic rings. The average Bonchev–Trinajstić information content (AvgIpc) is 2.43. The number of rotatable bonds is 4. The first kappa shape index (κ1) is 13.1. The van der Waals surface area contributed by atoms with Gasteiger partial charge in [-0.2, -0.15) is 0 Å². The summed E-state index contributed by atoms with van der Waals surface area (Å²) >= 11 is 0. The highest BCUT2D eigenvalue weighted by Gasteiger charge is 2.22. The molecule has 0 fully saturated rings. The summed E-state index contributed by atoms with van der Waals surface area (Å²) in [6.07, 6.45) is 0.821. The zero-order valence-corrected chi connectivity index (χ0v) is 10.5. The van der Waals surface area contributed by atoms with Gasteiger partial charge in [0.1, 0.15) is 5.75 Å². The molecule has 1 aliphatic heterocycles. The molecule has 0 unspecified atom stereocenters. The lowest BCUT2D eigenvalue weighted by molar-refractivity contribution is -0.131. The number of ether oxygens (including phenoxy) is 1. The lowest BCUT2D eigenvalue weighted by Crippen LogP contribution is -2.35. The molecule has 2 amide bonds. The quantitative estimate of drug-likeness (QED) is 0.607. The summed E-state index contributed by atoms with van der Waals surface area (Å²) < 4.78 is 5.31. The van der Waals surface area contributed by atoms with E-state index in [1.54, 1.807) is 18.0 Å². The van der Waals surface area contributed by atoms with Gasteiger partial charge in [0.05, 0.1) is 5.69 Å². The van der Waals surface area contributed by atoms with Crippen molar-refractivity contribution in [3.8, 4) is 5.75 Å². The van der Waals surface area contributed by atoms with Gasteiger partial charge in [-0.15, -0.1) is 0 Å². The lowest BCUT2D eigenvalue weighted by atomic mass is 10.1. The van der Waals surface area contributed by atoms with E-state index in [2.05, 4.69) is 5.32 Å². The third kappa shape index (κ3) is 2.90. The molecule has 0 atom stereocenters. The van der Waals surface area contributed by atoms with Crippen LogP contribution in [0.5, 0.6) is 5.75 Å². The number of anilines is 1. The highest BCUT2D eigenvalue weighted by molar-refractivity contribution is 6.23. The monoisotopic (exact) mass is 262 g/mol. The molecule has 6 nitrogen and oxygen atoms in total. The number of benzene rings is 1. The Morgan fingerprint density at radius 1 is 1.53 bits per heavy atom. The SMILES string of the molecule is CN1C(=O)COc2ccc(CCNC(=O)C=O)cc21. The van der Waals surface area contributed by atoms with Gasteiger partial charge in [-0.3, -0.25) is 14.4 Å². The number of carbonyl (C=O) groups is 3. The van der Waals surface area contributed by atoms with Gasteiger partial charge < -0.3 is 15.0 Å². The topological polar surface area (TPSA) is 75.7 Å². The van der Waals surface area contributed by atoms with Crippen molar-refractivity contribution < 1.29 is 19.1 Å². The van der Waals surface area contributed by atoms with Gasteiger partial charge in [0.15, 0.2) is 6.61 Å². The minimum atomic E-state index is -0.631. The van der Waals surface area contributed by atoms with Crippen LogP contribution in [0.4, 0.5) is 5.69 Å². The normalized spacial score (nSPS) is 13.5. The van der Waals surface area contributed by atoms with Crippen LogP contribution in [0.25, 0.3) is 0 Å². The molecule has 100 valence electrons. The van der Waals surface area contributed by atoms with E-state index in [1.165, 1.54) is 0 Å². The van der Waals surface area contributed by atoms with Gasteiger partial charge in [0, 0.05) is 13.6 Å². The van der Waals surface area contributed by atoms with Crippen LogP contribution in [-0.4, -0.2) is 38.3 Å². The molecule has 1 aromatic rings. The first-order chi connectivity index (χ1) is 9.11. The molecule has 1 heterocycles. The number of carbonyl (C=O) groups excluding carboxylic acids is 3. The Kier molecular flexibility index (Phi) is 3.79. The van der Waals surface area contributed by atoms with Crippen molar-refractivity contribution in [2.75, 3.05) is 25.1 Å². The van der Waals surface area contributed by atoms with Crippen molar-refractivity contribution in [3.05, 3.63) is 23.8 Å². The van der Waals surface area contributed by atoms with Crippen molar-refractivity contribution in [2.24, 2.45) is 0 Å². The molecule has 6 heteroatoms. The fourth-order valence-corrected chi connectivity index (χ4v) is 1.84. The van der Waals surface area contributed by atoms with Crippen LogP contribution >= 0.6 is 0 Å². The Morgan fingerprint density at radius 2 is 2.32 bits per heavy atom. The second-order valence-electron chi connectivity index (χ2n) is 4.20. The molecule has 0 saturated heterocycles. The number of hydrogen-bond acceptors (Lipinski definition) is 4. The molecule has 0 radical (unpaired) electrons. The Labute approximate surface area is 110 Å². The molecule has 19 heavy (non-hydrogen) atoms. The molecular weight excluding hydrogens is 248 g/mol. The molecule has 0 aromatic heterocycles. The third-order valence-electron chi connectivity index (χ3n) is 2.93. The maximum absolute atomic E-state index is 11.5. The van der Waals surface area contributed by atoms with E-state index in [-0.39, 0.29) is 18.8 Å². The van der Waals surface area contributed by atoms with E-state index in [1.807, 2.05) is 12.1 Å². The lowest BCUT2D eigenvalue weighted by Gasteiger charge is -2.26. The van der Waals surface area contributed by atoms with E-state index in [4.69, 9.17) is 4.74 Å². The van der Waals surface area contributed by atoms with E-state index in [0.29, 0.717) is 18.7 Å². The molecule has 0 aliphatic carbocycles. The molecule has 0 bridgehead atoms. The summed E-state index contributed by atoms with van der Waals surface area (Å²) in [6.45, 7) is 0.424. The van der Waals surface area contributed by atoms with Gasteiger partial charge >= 0.3 is 0 Å². The fourth-order valence-electron chi connectivity index (χ4n) is 1.84. The summed E-state index contributed by atoms with van der Waals surface area (Å²) in [5.41, 5.74) is 1.67. The number of aldehydes is 1. The van der Waals surface area contributed by atoms with Gasteiger partial charge in [-0.1, -0.05) is 6.07 Å². The highest BCUT2D eigenvalue weighted by atomic mass is 16.5. The molecule has 0 spiro atoms. The minimum absolute atomic E-state index is 0.0538. The van der Waals surface area contributed by atoms with Crippen LogP contribution in [0.15, 0.2) is 18.2 Å². The number of hydrogen-bond donors (Lipinski definition) is 1. The number of fused-ring (bicyclic) bond motifs is 1. The predicted molar refractivity (Wildman–Crippen MR) is 68.1 cm³/mol. The van der Waals surface area contributed by atoms with Gasteiger partial charge in [-0.25, -0.2) is 0 Å². The van der Waals surface area contributed by atoms with Gasteiger partial charge in [0.2, 0.25) is 6.29 Å². The molecule has 1 N–H and O–H groups in total. The largest absolute Gasteiger partial charge is 0.482 e. The van der Waals surface area contributed by atoms with E-state index in [9.17, 15) is 14.4 Å². The summed E-state index contributed by atoms with van der Waals surface area (Å²) in [5, 5.41) is 2.46. The zero-order chi connectivity index (χ0) is 13.8. The van der Waals surface area contributed by atoms with Crippen LogP contribution in [0.2, 0.25) is 0 Å². The van der Waals surface area contributed by atoms with E-state index in [0.717, 1.165) is 11.3 Å². The summed E-state index contributed by atoms with van der Waals surface area (Å²) in [6, 6.07) is 5.52. The second kappa shape index (κ2) is 5.51. The number of nitrogens with zero attached hydrogens (tertiary/aromatic N) is 1. The standard InChI is InChI=1S/C13H14N2O4/c1-15-10-6-9(4-5-14-12(17)7-16)2-3-11(10)19-8-13(15)18/h2-3,6-7H,4-5,8H2,1H3,(H,14,17). The molecule has 0 saturated carbocycles. The minimum Gasteiger partial charge on any atom is -0.482 e. The van der Waals surface area contributed by atoms with Gasteiger partial charge in [0.25, 0.3) is 11.8 Å². The Hall–Kier alpha value is -2.37. The smallest absolute Gasteiger partial charge is 0.284 e. The summed E-state index contributed by atoms with van der Waals surface area (Å²) in [4.78, 5) is 34.0. The van der Waals surface area contributed by atoms with Crippen LogP contribution in [0.3, 0.4) is 0 Å². The summed E-state index contributed by atoms with van der Waals surface area (Å²) in [5.74, 6) is -0.0599. The second-order valence-corrected chi connectivity index (χ2v) is 4.20. The highest BCUT2D eigenvalue weighted by Crippen LogP contribution is 2.31. The maximum atomic E-state index is 11.5. The third-order valence-corrected chi connectivity index (χ3v) is 2.93.